The number of benzene rings is 1. The molecule has 1 saturated heterocycles. The summed E-state index contributed by atoms with van der Waals surface area (Å²) in [5.74, 6) is 0.159. The Morgan fingerprint density at radius 2 is 1.94 bits per heavy atom. The molecule has 32 heavy (non-hydrogen) atoms. The highest BCUT2D eigenvalue weighted by Gasteiger charge is 2.58. The molecule has 4 aliphatic carbocycles. The van der Waals surface area contributed by atoms with Gasteiger partial charge in [-0.1, -0.05) is 6.07 Å². The van der Waals surface area contributed by atoms with Gasteiger partial charge >= 0.3 is 0 Å². The molecule has 0 aromatic heterocycles. The van der Waals surface area contributed by atoms with E-state index in [4.69, 9.17) is 0 Å². The average Bonchev–Trinajstić information content (AvgIpc) is 3.19. The minimum atomic E-state index is -3.86. The summed E-state index contributed by atoms with van der Waals surface area (Å²) in [6, 6.07) is 6.98. The lowest BCUT2D eigenvalue weighted by Gasteiger charge is -2.62. The first-order valence-electron chi connectivity index (χ1n) is 11.5. The van der Waals surface area contributed by atoms with Crippen LogP contribution in [-0.4, -0.2) is 49.4 Å². The summed E-state index contributed by atoms with van der Waals surface area (Å²) >= 11 is 0. The number of nitriles is 1. The lowest BCUT2D eigenvalue weighted by molar-refractivity contribution is -0.131. The van der Waals surface area contributed by atoms with Gasteiger partial charge in [0.1, 0.15) is 11.9 Å². The second-order valence-corrected chi connectivity index (χ2v) is 12.0. The van der Waals surface area contributed by atoms with Crippen molar-refractivity contribution in [2.24, 2.45) is 11.8 Å². The third-order valence-corrected chi connectivity index (χ3v) is 9.43. The molecule has 9 heteroatoms. The molecule has 4 bridgehead atoms. The Kier molecular flexibility index (Phi) is 5.31. The maximum Gasteiger partial charge on any atom is 0.241 e. The van der Waals surface area contributed by atoms with Gasteiger partial charge in [-0.15, -0.1) is 0 Å². The maximum atomic E-state index is 13.7. The Balaban J connectivity index is 1.33. The molecule has 5 aliphatic rings. The van der Waals surface area contributed by atoms with E-state index in [0.717, 1.165) is 51.0 Å². The van der Waals surface area contributed by atoms with Crippen LogP contribution in [0, 0.1) is 29.0 Å². The largest absolute Gasteiger partial charge is 0.326 e. The molecular formula is C23H29FN4O3S. The summed E-state index contributed by atoms with van der Waals surface area (Å²) in [7, 11) is -3.86. The monoisotopic (exact) mass is 460 g/mol. The third-order valence-electron chi connectivity index (χ3n) is 7.86. The van der Waals surface area contributed by atoms with Gasteiger partial charge in [-0.3, -0.25) is 4.79 Å². The van der Waals surface area contributed by atoms with Crippen molar-refractivity contribution in [3.05, 3.63) is 30.1 Å². The van der Waals surface area contributed by atoms with Crippen molar-refractivity contribution < 1.29 is 17.6 Å². The molecule has 4 saturated carbocycles. The minimum absolute atomic E-state index is 0.0537. The summed E-state index contributed by atoms with van der Waals surface area (Å²) in [6.45, 7) is 0.790. The van der Waals surface area contributed by atoms with Crippen molar-refractivity contribution in [1.82, 2.24) is 14.9 Å². The predicted molar refractivity (Wildman–Crippen MR) is 115 cm³/mol. The van der Waals surface area contributed by atoms with Crippen LogP contribution in [0.1, 0.15) is 51.4 Å². The zero-order valence-electron chi connectivity index (χ0n) is 18.0. The number of nitrogens with zero attached hydrogens (tertiary/aromatic N) is 2. The van der Waals surface area contributed by atoms with Crippen LogP contribution < -0.4 is 10.0 Å². The van der Waals surface area contributed by atoms with Crippen LogP contribution in [0.2, 0.25) is 0 Å². The summed E-state index contributed by atoms with van der Waals surface area (Å²) in [4.78, 5) is 14.4. The Morgan fingerprint density at radius 3 is 2.62 bits per heavy atom. The number of nitrogens with one attached hydrogen (secondary N) is 2. The molecule has 0 spiro atoms. The van der Waals surface area contributed by atoms with Gasteiger partial charge in [0.2, 0.25) is 15.9 Å². The van der Waals surface area contributed by atoms with Crippen LogP contribution >= 0.6 is 0 Å². The molecule has 172 valence electrons. The first kappa shape index (κ1) is 21.8. The zero-order valence-corrected chi connectivity index (χ0v) is 18.8. The van der Waals surface area contributed by atoms with Gasteiger partial charge in [0.15, 0.2) is 0 Å². The number of hydrogen-bond acceptors (Lipinski definition) is 5. The van der Waals surface area contributed by atoms with Crippen molar-refractivity contribution in [2.75, 3.05) is 13.1 Å². The smallest absolute Gasteiger partial charge is 0.241 e. The second-order valence-electron chi connectivity index (χ2n) is 10.3. The fraction of sp³-hybridized carbons (Fsp3) is 0.652. The minimum Gasteiger partial charge on any atom is -0.326 e. The Labute approximate surface area is 188 Å². The fourth-order valence-corrected chi connectivity index (χ4v) is 8.58. The van der Waals surface area contributed by atoms with E-state index in [1.165, 1.54) is 18.2 Å². The second kappa shape index (κ2) is 7.79. The lowest BCUT2D eigenvalue weighted by Crippen LogP contribution is -2.69. The lowest BCUT2D eigenvalue weighted by atomic mass is 9.50. The van der Waals surface area contributed by atoms with E-state index in [-0.39, 0.29) is 28.9 Å². The molecule has 1 aliphatic heterocycles. The summed E-state index contributed by atoms with van der Waals surface area (Å²) in [5, 5.41) is 12.8. The third kappa shape index (κ3) is 3.93. The number of rotatable bonds is 6. The number of amides is 1. The van der Waals surface area contributed by atoms with E-state index < -0.39 is 21.4 Å². The van der Waals surface area contributed by atoms with Crippen LogP contribution in [0.3, 0.4) is 0 Å². The summed E-state index contributed by atoms with van der Waals surface area (Å²) in [6.07, 6.45) is 6.70. The van der Waals surface area contributed by atoms with E-state index in [1.54, 1.807) is 4.90 Å². The summed E-state index contributed by atoms with van der Waals surface area (Å²) in [5.41, 5.74) is -0.861. The highest BCUT2D eigenvalue weighted by molar-refractivity contribution is 7.89. The van der Waals surface area contributed by atoms with Gasteiger partial charge in [0, 0.05) is 17.6 Å². The van der Waals surface area contributed by atoms with E-state index in [2.05, 4.69) is 16.1 Å². The van der Waals surface area contributed by atoms with Crippen molar-refractivity contribution in [2.45, 2.75) is 73.4 Å². The molecule has 2 unspecified atom stereocenters. The first-order chi connectivity index (χ1) is 15.2. The van der Waals surface area contributed by atoms with Crippen molar-refractivity contribution >= 4 is 15.9 Å². The van der Waals surface area contributed by atoms with Crippen molar-refractivity contribution in [3.8, 4) is 6.07 Å². The Bertz CT molecular complexity index is 1060. The van der Waals surface area contributed by atoms with E-state index in [9.17, 15) is 22.9 Å². The number of carbonyl (C=O) groups excluding carboxylic acids is 1. The number of sulfonamides is 1. The number of hydrogen-bond donors (Lipinski definition) is 2. The molecule has 2 N–H and O–H groups in total. The van der Waals surface area contributed by atoms with Crippen LogP contribution in [0.25, 0.3) is 0 Å². The standard InChI is InChI=1S/C23H29FN4O3S/c24-18-3-1-5-20(8-18)32(30,31)27-23-11-16-7-17(12-23)10-22(9-16,15-23)26-14-21(29)28-6-2-4-19(28)13-25/h1,3,5,8,16-17,19,26-27H,2,4,6-7,9-12,14-15H2/t16?,17?,19-,22?,23?/m0/s1. The number of likely N-dealkylation sites (tertiary alicyclic amines) is 1. The van der Waals surface area contributed by atoms with E-state index >= 15 is 0 Å². The molecular weight excluding hydrogens is 431 g/mol. The van der Waals surface area contributed by atoms with E-state index in [1.807, 2.05) is 0 Å². The number of carbonyl (C=O) groups is 1. The van der Waals surface area contributed by atoms with Gasteiger partial charge in [-0.05, 0) is 81.4 Å². The average molecular weight is 461 g/mol. The topological polar surface area (TPSA) is 102 Å². The Hall–Kier alpha value is -2.02. The fourth-order valence-electron chi connectivity index (χ4n) is 7.13. The molecule has 3 atom stereocenters. The van der Waals surface area contributed by atoms with Crippen LogP contribution in [0.15, 0.2) is 29.2 Å². The first-order valence-corrected chi connectivity index (χ1v) is 12.9. The van der Waals surface area contributed by atoms with Gasteiger partial charge in [-0.2, -0.15) is 5.26 Å². The quantitative estimate of drug-likeness (QED) is 0.678. The maximum absolute atomic E-state index is 13.7. The molecule has 1 aromatic carbocycles. The van der Waals surface area contributed by atoms with Gasteiger partial charge in [0.25, 0.3) is 0 Å². The summed E-state index contributed by atoms with van der Waals surface area (Å²) < 4.78 is 42.8. The predicted octanol–water partition coefficient (Wildman–Crippen LogP) is 2.30. The molecule has 6 rings (SSSR count). The van der Waals surface area contributed by atoms with Gasteiger partial charge in [-0.25, -0.2) is 17.5 Å². The zero-order chi connectivity index (χ0) is 22.6. The number of halogens is 1. The normalized spacial score (nSPS) is 35.8. The molecule has 1 amide bonds. The Morgan fingerprint density at radius 1 is 1.22 bits per heavy atom. The van der Waals surface area contributed by atoms with Crippen molar-refractivity contribution in [1.29, 1.82) is 5.26 Å². The molecule has 5 fully saturated rings. The van der Waals surface area contributed by atoms with Gasteiger partial charge < -0.3 is 10.2 Å². The van der Waals surface area contributed by atoms with Crippen molar-refractivity contribution in [3.63, 3.8) is 0 Å². The molecule has 1 heterocycles. The molecule has 7 nitrogen and oxygen atoms in total. The van der Waals surface area contributed by atoms with Gasteiger partial charge in [0.05, 0.1) is 17.5 Å². The highest BCUT2D eigenvalue weighted by Crippen LogP contribution is 2.57. The van der Waals surface area contributed by atoms with Crippen LogP contribution in [0.5, 0.6) is 0 Å². The SMILES string of the molecule is N#C[C@@H]1CCCN1C(=O)CNC12CC3CC(C1)CC(NS(=O)(=O)c1cccc(F)c1)(C3)C2. The highest BCUT2D eigenvalue weighted by atomic mass is 32.2. The van der Waals surface area contributed by atoms with E-state index in [0.29, 0.717) is 24.8 Å². The molecule has 0 radical (unpaired) electrons. The van der Waals surface area contributed by atoms with Crippen LogP contribution in [-0.2, 0) is 14.8 Å². The van der Waals surface area contributed by atoms with Crippen LogP contribution in [0.4, 0.5) is 4.39 Å². The molecule has 1 aromatic rings.